The van der Waals surface area contributed by atoms with Crippen LogP contribution < -0.4 is 11.1 Å². The number of rotatable bonds is 6. The predicted octanol–water partition coefficient (Wildman–Crippen LogP) is 2.34. The van der Waals surface area contributed by atoms with Gasteiger partial charge in [-0.05, 0) is 37.1 Å². The van der Waals surface area contributed by atoms with Crippen LogP contribution in [0.5, 0.6) is 0 Å². The molecule has 0 saturated heterocycles. The van der Waals surface area contributed by atoms with Crippen LogP contribution in [0.15, 0.2) is 43.0 Å². The van der Waals surface area contributed by atoms with Crippen molar-refractivity contribution in [2.24, 2.45) is 0 Å². The molecule has 2 rings (SSSR count). The topological polar surface area (TPSA) is 63.8 Å². The highest BCUT2D eigenvalue weighted by Crippen LogP contribution is 2.22. The number of nitrogens with one attached hydrogen (secondary N) is 1. The van der Waals surface area contributed by atoms with Crippen molar-refractivity contribution in [1.29, 1.82) is 0 Å². The minimum absolute atomic E-state index is 0.179. The fraction of sp³-hybridized carbons (Fsp3) is 0.333. The Bertz CT molecular complexity index is 499. The van der Waals surface area contributed by atoms with Crippen LogP contribution in [0.3, 0.4) is 0 Å². The number of hydrogen-bond acceptors (Lipinski definition) is 4. The third-order valence-corrected chi connectivity index (χ3v) is 3.07. The first kappa shape index (κ1) is 13.5. The Labute approximate surface area is 114 Å². The van der Waals surface area contributed by atoms with Gasteiger partial charge in [-0.2, -0.15) is 0 Å². The molecule has 0 saturated carbocycles. The maximum absolute atomic E-state index is 6.05. The Morgan fingerprint density at radius 3 is 2.74 bits per heavy atom. The van der Waals surface area contributed by atoms with Crippen molar-refractivity contribution in [3.05, 3.63) is 54.1 Å². The van der Waals surface area contributed by atoms with Crippen molar-refractivity contribution >= 4 is 5.69 Å². The van der Waals surface area contributed by atoms with Gasteiger partial charge >= 0.3 is 0 Å². The van der Waals surface area contributed by atoms with Gasteiger partial charge in [0.2, 0.25) is 0 Å². The van der Waals surface area contributed by atoms with Gasteiger partial charge in [-0.3, -0.25) is 9.97 Å². The van der Waals surface area contributed by atoms with Gasteiger partial charge in [-0.1, -0.05) is 13.0 Å². The van der Waals surface area contributed by atoms with E-state index in [2.05, 4.69) is 28.3 Å². The Morgan fingerprint density at radius 1 is 1.21 bits per heavy atom. The van der Waals surface area contributed by atoms with Gasteiger partial charge in [0.15, 0.2) is 0 Å². The second-order valence-corrected chi connectivity index (χ2v) is 4.58. The minimum Gasteiger partial charge on any atom is -0.398 e. The van der Waals surface area contributed by atoms with Crippen LogP contribution in [0.1, 0.15) is 30.5 Å². The fourth-order valence-corrected chi connectivity index (χ4v) is 2.07. The molecule has 0 aliphatic rings. The Kier molecular flexibility index (Phi) is 4.86. The van der Waals surface area contributed by atoms with E-state index in [9.17, 15) is 0 Å². The molecule has 4 nitrogen and oxygen atoms in total. The number of pyridine rings is 2. The smallest absolute Gasteiger partial charge is 0.0397 e. The second-order valence-electron chi connectivity index (χ2n) is 4.58. The van der Waals surface area contributed by atoms with Gasteiger partial charge in [-0.15, -0.1) is 0 Å². The number of anilines is 1. The average Bonchev–Trinajstić information content (AvgIpc) is 2.45. The number of nitrogens with zero attached hydrogens (tertiary/aromatic N) is 2. The summed E-state index contributed by atoms with van der Waals surface area (Å²) in [6.07, 6.45) is 9.20. The van der Waals surface area contributed by atoms with Gasteiger partial charge in [0.25, 0.3) is 0 Å². The summed E-state index contributed by atoms with van der Waals surface area (Å²) >= 11 is 0. The minimum atomic E-state index is 0.179. The Balaban J connectivity index is 2.19. The van der Waals surface area contributed by atoms with Crippen molar-refractivity contribution in [2.75, 3.05) is 12.3 Å². The lowest BCUT2D eigenvalue weighted by molar-refractivity contribution is 0.528. The number of nitrogen functional groups attached to an aromatic ring is 1. The highest BCUT2D eigenvalue weighted by atomic mass is 14.9. The summed E-state index contributed by atoms with van der Waals surface area (Å²) in [7, 11) is 0. The van der Waals surface area contributed by atoms with Gasteiger partial charge in [0.05, 0.1) is 0 Å². The van der Waals surface area contributed by atoms with Gasteiger partial charge in [-0.25, -0.2) is 0 Å². The normalized spacial score (nSPS) is 12.3. The standard InChI is InChI=1S/C15H20N4/c1-2-6-19-15(9-12-4-3-7-17-10-12)13-11-18-8-5-14(13)16/h3-5,7-8,10-11,15,19H,2,6,9H2,1H3,(H2,16,18). The quantitative estimate of drug-likeness (QED) is 0.832. The third-order valence-electron chi connectivity index (χ3n) is 3.07. The van der Waals surface area contributed by atoms with Crippen LogP contribution in [-0.4, -0.2) is 16.5 Å². The van der Waals surface area contributed by atoms with Crippen LogP contribution in [0.25, 0.3) is 0 Å². The number of aromatic nitrogens is 2. The largest absolute Gasteiger partial charge is 0.398 e. The maximum atomic E-state index is 6.05. The van der Waals surface area contributed by atoms with E-state index in [1.807, 2.05) is 24.5 Å². The molecule has 1 unspecified atom stereocenters. The molecular formula is C15H20N4. The van der Waals surface area contributed by atoms with E-state index in [0.29, 0.717) is 0 Å². The van der Waals surface area contributed by atoms with Crippen LogP contribution >= 0.6 is 0 Å². The van der Waals surface area contributed by atoms with Crippen molar-refractivity contribution < 1.29 is 0 Å². The van der Waals surface area contributed by atoms with E-state index in [1.165, 1.54) is 5.56 Å². The third kappa shape index (κ3) is 3.76. The second kappa shape index (κ2) is 6.85. The summed E-state index contributed by atoms with van der Waals surface area (Å²) in [6.45, 7) is 3.11. The summed E-state index contributed by atoms with van der Waals surface area (Å²) in [5.74, 6) is 0. The molecule has 2 aromatic heterocycles. The Morgan fingerprint density at radius 2 is 2.05 bits per heavy atom. The number of nitrogens with two attached hydrogens (primary N) is 1. The molecule has 0 radical (unpaired) electrons. The van der Waals surface area contributed by atoms with Crippen LogP contribution in [0, 0.1) is 0 Å². The zero-order valence-corrected chi connectivity index (χ0v) is 11.2. The van der Waals surface area contributed by atoms with Crippen molar-refractivity contribution in [2.45, 2.75) is 25.8 Å². The van der Waals surface area contributed by atoms with Crippen LogP contribution in [0.2, 0.25) is 0 Å². The molecule has 0 fully saturated rings. The molecule has 3 N–H and O–H groups in total. The number of hydrogen-bond donors (Lipinski definition) is 2. The monoisotopic (exact) mass is 256 g/mol. The molecule has 0 aromatic carbocycles. The van der Waals surface area contributed by atoms with E-state index in [0.717, 1.165) is 30.6 Å². The lowest BCUT2D eigenvalue weighted by atomic mass is 10.00. The van der Waals surface area contributed by atoms with Gasteiger partial charge in [0, 0.05) is 42.1 Å². The highest BCUT2D eigenvalue weighted by Gasteiger charge is 2.14. The molecule has 19 heavy (non-hydrogen) atoms. The van der Waals surface area contributed by atoms with Gasteiger partial charge in [0.1, 0.15) is 0 Å². The summed E-state index contributed by atoms with van der Waals surface area (Å²) in [6, 6.07) is 6.07. The lowest BCUT2D eigenvalue weighted by Gasteiger charge is -2.20. The first-order valence-corrected chi connectivity index (χ1v) is 6.63. The molecule has 100 valence electrons. The zero-order valence-electron chi connectivity index (χ0n) is 11.2. The van der Waals surface area contributed by atoms with Gasteiger partial charge < -0.3 is 11.1 Å². The Hall–Kier alpha value is -1.94. The molecule has 0 bridgehead atoms. The molecule has 1 atom stereocenters. The molecule has 0 amide bonds. The molecule has 4 heteroatoms. The maximum Gasteiger partial charge on any atom is 0.0397 e. The van der Waals surface area contributed by atoms with E-state index in [1.54, 1.807) is 12.4 Å². The molecule has 0 aliphatic heterocycles. The van der Waals surface area contributed by atoms with Crippen LogP contribution in [0.4, 0.5) is 5.69 Å². The zero-order chi connectivity index (χ0) is 13.5. The molecule has 0 spiro atoms. The lowest BCUT2D eigenvalue weighted by Crippen LogP contribution is -2.25. The van der Waals surface area contributed by atoms with Crippen molar-refractivity contribution in [1.82, 2.24) is 15.3 Å². The first-order valence-electron chi connectivity index (χ1n) is 6.63. The highest BCUT2D eigenvalue weighted by molar-refractivity contribution is 5.46. The van der Waals surface area contributed by atoms with Crippen LogP contribution in [-0.2, 0) is 6.42 Å². The molecule has 0 aliphatic carbocycles. The average molecular weight is 256 g/mol. The molecule has 2 heterocycles. The van der Waals surface area contributed by atoms with Crippen molar-refractivity contribution in [3.8, 4) is 0 Å². The molecule has 2 aromatic rings. The summed E-state index contributed by atoms with van der Waals surface area (Å²) in [4.78, 5) is 8.34. The van der Waals surface area contributed by atoms with E-state index in [-0.39, 0.29) is 6.04 Å². The fourth-order valence-electron chi connectivity index (χ4n) is 2.07. The predicted molar refractivity (Wildman–Crippen MR) is 77.6 cm³/mol. The SMILES string of the molecule is CCCNC(Cc1cccnc1)c1cnccc1N. The van der Waals surface area contributed by atoms with E-state index in [4.69, 9.17) is 5.73 Å². The van der Waals surface area contributed by atoms with Crippen molar-refractivity contribution in [3.63, 3.8) is 0 Å². The summed E-state index contributed by atoms with van der Waals surface area (Å²) in [5.41, 5.74) is 9.09. The van der Waals surface area contributed by atoms with E-state index >= 15 is 0 Å². The molecular weight excluding hydrogens is 236 g/mol. The van der Waals surface area contributed by atoms with E-state index < -0.39 is 0 Å². The summed E-state index contributed by atoms with van der Waals surface area (Å²) < 4.78 is 0. The first-order chi connectivity index (χ1) is 9.31. The summed E-state index contributed by atoms with van der Waals surface area (Å²) in [5, 5.41) is 3.53.